The van der Waals surface area contributed by atoms with Crippen LogP contribution in [0.4, 0.5) is 0 Å². The maximum Gasteiger partial charge on any atom is 0.327 e. The Kier molecular flexibility index (Phi) is 6.34. The van der Waals surface area contributed by atoms with E-state index >= 15 is 0 Å². The molecule has 0 spiro atoms. The van der Waals surface area contributed by atoms with Gasteiger partial charge in [0.15, 0.2) is 0 Å². The van der Waals surface area contributed by atoms with Gasteiger partial charge in [0.1, 0.15) is 0 Å². The van der Waals surface area contributed by atoms with Crippen molar-refractivity contribution in [1.29, 1.82) is 0 Å². The van der Waals surface area contributed by atoms with Gasteiger partial charge in [0.05, 0.1) is 0 Å². The predicted molar refractivity (Wildman–Crippen MR) is 38.7 cm³/mol. The molecule has 0 aromatic rings. The molecule has 52 valence electrons. The molecule has 0 aliphatic carbocycles. The fourth-order valence-corrected chi connectivity index (χ4v) is 0.224. The van der Waals surface area contributed by atoms with Crippen LogP contribution >= 0.6 is 17.5 Å². The Labute approximate surface area is 52.9 Å². The smallest absolute Gasteiger partial charge is 0.312 e. The van der Waals surface area contributed by atoms with Gasteiger partial charge in [0.25, 0.3) is 0 Å². The van der Waals surface area contributed by atoms with Crippen molar-refractivity contribution in [3.8, 4) is 0 Å². The van der Waals surface area contributed by atoms with Gasteiger partial charge >= 0.3 is 7.60 Å². The predicted octanol–water partition coefficient (Wildman–Crippen LogP) is 1.16. The molecule has 8 heavy (non-hydrogen) atoms. The van der Waals surface area contributed by atoms with Gasteiger partial charge in [-0.1, -0.05) is 0 Å². The minimum Gasteiger partial charge on any atom is -0.312 e. The van der Waals surface area contributed by atoms with Crippen LogP contribution in [0.1, 0.15) is 0 Å². The summed E-state index contributed by atoms with van der Waals surface area (Å²) in [6, 6.07) is 0. The lowest BCUT2D eigenvalue weighted by Crippen LogP contribution is -1.82. The first-order chi connectivity index (χ1) is 3.12. The van der Waals surface area contributed by atoms with Gasteiger partial charge in [0.2, 0.25) is 0 Å². The molecule has 0 aliphatic heterocycles. The summed E-state index contributed by atoms with van der Waals surface area (Å²) in [6.45, 7) is 1.41. The minimum atomic E-state index is -2.65. The van der Waals surface area contributed by atoms with Gasteiger partial charge in [-0.05, 0) is 0 Å². The highest BCUT2D eigenvalue weighted by Gasteiger charge is 2.08. The molecule has 0 saturated heterocycles. The molecule has 0 amide bonds. The zero-order valence-electron chi connectivity index (χ0n) is 5.38. The van der Waals surface area contributed by atoms with Crippen molar-refractivity contribution in [2.24, 2.45) is 0 Å². The minimum absolute atomic E-state index is 0. The molecule has 3 nitrogen and oxygen atoms in total. The molecule has 5 heteroatoms. The maximum absolute atomic E-state index is 10.5. The number of hydrogen-bond acceptors (Lipinski definition) is 3. The Hall–Kier alpha value is 0.580. The van der Waals surface area contributed by atoms with Crippen LogP contribution in [0.3, 0.4) is 0 Å². The molecule has 1 unspecified atom stereocenters. The van der Waals surface area contributed by atoms with E-state index in [1.54, 1.807) is 0 Å². The monoisotopic (exact) mass is 158 g/mol. The van der Waals surface area contributed by atoms with Crippen LogP contribution in [0.25, 0.3) is 0 Å². The Morgan fingerprint density at radius 1 is 1.25 bits per heavy atom. The molecule has 0 rings (SSSR count). The van der Waals surface area contributed by atoms with Crippen LogP contribution in [0.2, 0.25) is 0 Å². The second-order valence-corrected chi connectivity index (χ2v) is 3.41. The van der Waals surface area contributed by atoms with Crippen molar-refractivity contribution >= 4 is 17.5 Å². The fourth-order valence-electron chi connectivity index (χ4n) is 0.0745. The number of hydrogen-bond donors (Lipinski definition) is 0. The van der Waals surface area contributed by atoms with E-state index in [9.17, 15) is 4.57 Å². The summed E-state index contributed by atoms with van der Waals surface area (Å²) < 4.78 is 19.3. The van der Waals surface area contributed by atoms with Gasteiger partial charge in [0, 0.05) is 20.9 Å². The standard InChI is InChI=1S/C3H9O3P.H3P/c1-5-7(3,4)6-2;/h1-3H3;1H3. The quantitative estimate of drug-likeness (QED) is 0.565. The van der Waals surface area contributed by atoms with E-state index in [0.29, 0.717) is 0 Å². The molecule has 1 atom stereocenters. The first-order valence-corrected chi connectivity index (χ1v) is 3.80. The third-order valence-corrected chi connectivity index (χ3v) is 1.99. The highest BCUT2D eigenvalue weighted by molar-refractivity contribution is 7.52. The van der Waals surface area contributed by atoms with Gasteiger partial charge in [-0.3, -0.25) is 4.57 Å². The topological polar surface area (TPSA) is 35.5 Å². The molecule has 0 fully saturated rings. The maximum atomic E-state index is 10.5. The van der Waals surface area contributed by atoms with E-state index < -0.39 is 7.60 Å². The van der Waals surface area contributed by atoms with Crippen molar-refractivity contribution in [2.45, 2.75) is 0 Å². The summed E-state index contributed by atoms with van der Waals surface area (Å²) in [7, 11) is 0.0486. The zero-order chi connectivity index (χ0) is 5.91. The van der Waals surface area contributed by atoms with Crippen molar-refractivity contribution in [3.63, 3.8) is 0 Å². The lowest BCUT2D eigenvalue weighted by Gasteiger charge is -2.04. The summed E-state index contributed by atoms with van der Waals surface area (Å²) in [5, 5.41) is 0. The van der Waals surface area contributed by atoms with Crippen LogP contribution in [-0.2, 0) is 13.6 Å². The van der Waals surface area contributed by atoms with Crippen molar-refractivity contribution in [3.05, 3.63) is 0 Å². The lowest BCUT2D eigenvalue weighted by molar-refractivity contribution is 0.282. The molecule has 0 bridgehead atoms. The molecule has 0 aromatic heterocycles. The Morgan fingerprint density at radius 2 is 1.50 bits per heavy atom. The molecule has 0 aliphatic rings. The zero-order valence-corrected chi connectivity index (χ0v) is 7.69. The average Bonchev–Trinajstić information content (AvgIpc) is 1.68. The van der Waals surface area contributed by atoms with E-state index in [2.05, 4.69) is 9.05 Å². The van der Waals surface area contributed by atoms with E-state index in [1.165, 1.54) is 20.9 Å². The lowest BCUT2D eigenvalue weighted by atomic mass is 11.8. The first kappa shape index (κ1) is 11.4. The molecule has 0 radical (unpaired) electrons. The van der Waals surface area contributed by atoms with Gasteiger partial charge in [-0.2, -0.15) is 9.90 Å². The largest absolute Gasteiger partial charge is 0.327 e. The second-order valence-electron chi connectivity index (χ2n) is 1.14. The Morgan fingerprint density at radius 3 is 1.50 bits per heavy atom. The summed E-state index contributed by atoms with van der Waals surface area (Å²) >= 11 is 0. The summed E-state index contributed by atoms with van der Waals surface area (Å²) in [6.07, 6.45) is 0. The average molecular weight is 158 g/mol. The van der Waals surface area contributed by atoms with E-state index in [0.717, 1.165) is 0 Å². The first-order valence-electron chi connectivity index (χ1n) is 1.81. The summed E-state index contributed by atoms with van der Waals surface area (Å²) in [5.41, 5.74) is 0. The fraction of sp³-hybridized carbons (Fsp3) is 1.00. The van der Waals surface area contributed by atoms with Gasteiger partial charge < -0.3 is 9.05 Å². The van der Waals surface area contributed by atoms with Gasteiger partial charge in [-0.25, -0.2) is 0 Å². The molecular weight excluding hydrogens is 146 g/mol. The van der Waals surface area contributed by atoms with Crippen molar-refractivity contribution in [2.75, 3.05) is 20.9 Å². The van der Waals surface area contributed by atoms with E-state index in [1.807, 2.05) is 0 Å². The van der Waals surface area contributed by atoms with Crippen LogP contribution < -0.4 is 0 Å². The highest BCUT2D eigenvalue weighted by atomic mass is 31.2. The SMILES string of the molecule is COP(C)(=O)OC.P. The molecule has 0 aromatic carbocycles. The molecular formula is C3H12O3P2. The third kappa shape index (κ3) is 4.73. The summed E-state index contributed by atoms with van der Waals surface area (Å²) in [5.74, 6) is 0. The van der Waals surface area contributed by atoms with Crippen LogP contribution in [0.5, 0.6) is 0 Å². The van der Waals surface area contributed by atoms with Crippen LogP contribution in [-0.4, -0.2) is 20.9 Å². The number of rotatable bonds is 2. The Bertz CT molecular complexity index is 84.5. The van der Waals surface area contributed by atoms with Crippen LogP contribution in [0.15, 0.2) is 0 Å². The molecule has 0 saturated carbocycles. The second kappa shape index (κ2) is 4.46. The molecule has 0 heterocycles. The van der Waals surface area contributed by atoms with E-state index in [-0.39, 0.29) is 9.90 Å². The van der Waals surface area contributed by atoms with E-state index in [4.69, 9.17) is 0 Å². The normalized spacial score (nSPS) is 10.4. The van der Waals surface area contributed by atoms with Crippen LogP contribution in [0, 0.1) is 0 Å². The van der Waals surface area contributed by atoms with Crippen molar-refractivity contribution in [1.82, 2.24) is 0 Å². The third-order valence-electron chi connectivity index (χ3n) is 0.663. The van der Waals surface area contributed by atoms with Crippen molar-refractivity contribution < 1.29 is 13.6 Å². The van der Waals surface area contributed by atoms with Gasteiger partial charge in [-0.15, -0.1) is 0 Å². The Balaban J connectivity index is 0. The summed E-state index contributed by atoms with van der Waals surface area (Å²) in [4.78, 5) is 0. The molecule has 0 N–H and O–H groups in total. The highest BCUT2D eigenvalue weighted by Crippen LogP contribution is 2.40.